The van der Waals surface area contributed by atoms with Crippen molar-refractivity contribution < 1.29 is 14.3 Å². The summed E-state index contributed by atoms with van der Waals surface area (Å²) in [5, 5.41) is 0. The first-order valence-electron chi connectivity index (χ1n) is 4.03. The van der Waals surface area contributed by atoms with Gasteiger partial charge >= 0.3 is 5.97 Å². The van der Waals surface area contributed by atoms with Crippen LogP contribution in [0.4, 0.5) is 0 Å². The zero-order valence-corrected chi connectivity index (χ0v) is 9.84. The van der Waals surface area contributed by atoms with Crippen molar-refractivity contribution in [2.24, 2.45) is 0 Å². The summed E-state index contributed by atoms with van der Waals surface area (Å²) in [7, 11) is 2.86. The van der Waals surface area contributed by atoms with E-state index in [1.165, 1.54) is 14.2 Å². The maximum absolute atomic E-state index is 11.4. The Labute approximate surface area is 91.1 Å². The molecule has 0 aliphatic carbocycles. The van der Waals surface area contributed by atoms with E-state index in [2.05, 4.69) is 20.7 Å². The van der Waals surface area contributed by atoms with Crippen LogP contribution in [0.25, 0.3) is 0 Å². The molecule has 1 aromatic carbocycles. The summed E-state index contributed by atoms with van der Waals surface area (Å²) in [5.41, 5.74) is 1.39. The summed E-state index contributed by atoms with van der Waals surface area (Å²) in [6.45, 7) is 1.90. The molecule has 0 fully saturated rings. The van der Waals surface area contributed by atoms with E-state index < -0.39 is 5.97 Å². The van der Waals surface area contributed by atoms with Gasteiger partial charge in [-0.1, -0.05) is 6.07 Å². The fourth-order valence-electron chi connectivity index (χ4n) is 1.12. The van der Waals surface area contributed by atoms with Crippen LogP contribution in [0.15, 0.2) is 16.6 Å². The molecule has 1 rings (SSSR count). The lowest BCUT2D eigenvalue weighted by Gasteiger charge is -2.10. The lowest BCUT2D eigenvalue weighted by molar-refractivity contribution is 0.0596. The van der Waals surface area contributed by atoms with Crippen molar-refractivity contribution in [3.8, 4) is 5.75 Å². The predicted molar refractivity (Wildman–Crippen MR) is 56.8 cm³/mol. The van der Waals surface area contributed by atoms with Crippen molar-refractivity contribution in [1.82, 2.24) is 0 Å². The molecule has 0 spiro atoms. The molecular formula is C10H11BrO3. The zero-order valence-electron chi connectivity index (χ0n) is 8.26. The fraction of sp³-hybridized carbons (Fsp3) is 0.300. The van der Waals surface area contributed by atoms with Gasteiger partial charge < -0.3 is 9.47 Å². The Hall–Kier alpha value is -1.03. The summed E-state index contributed by atoms with van der Waals surface area (Å²) in [5.74, 6) is 0.103. The molecule has 0 amide bonds. The zero-order chi connectivity index (χ0) is 10.7. The molecule has 0 aliphatic rings. The number of carbonyl (C=O) groups is 1. The first-order valence-corrected chi connectivity index (χ1v) is 4.82. The van der Waals surface area contributed by atoms with Gasteiger partial charge in [0.1, 0.15) is 11.3 Å². The SMILES string of the molecule is COC(=O)c1c(OC)ccc(C)c1Br. The molecule has 0 saturated carbocycles. The third-order valence-electron chi connectivity index (χ3n) is 1.91. The highest BCUT2D eigenvalue weighted by Crippen LogP contribution is 2.30. The topological polar surface area (TPSA) is 35.5 Å². The van der Waals surface area contributed by atoms with Crippen molar-refractivity contribution in [2.45, 2.75) is 6.92 Å². The van der Waals surface area contributed by atoms with E-state index in [0.717, 1.165) is 5.56 Å². The van der Waals surface area contributed by atoms with Crippen molar-refractivity contribution in [1.29, 1.82) is 0 Å². The molecule has 14 heavy (non-hydrogen) atoms. The standard InChI is InChI=1S/C10H11BrO3/c1-6-4-5-7(13-2)8(9(6)11)10(12)14-3/h4-5H,1-3H3. The molecular weight excluding hydrogens is 248 g/mol. The Morgan fingerprint density at radius 2 is 2.00 bits per heavy atom. The Morgan fingerprint density at radius 1 is 1.36 bits per heavy atom. The lowest BCUT2D eigenvalue weighted by Crippen LogP contribution is -2.06. The third-order valence-corrected chi connectivity index (χ3v) is 2.93. The second-order valence-corrected chi connectivity index (χ2v) is 3.56. The van der Waals surface area contributed by atoms with Crippen LogP contribution in [0.1, 0.15) is 15.9 Å². The lowest BCUT2D eigenvalue weighted by atomic mass is 10.1. The monoisotopic (exact) mass is 258 g/mol. The van der Waals surface area contributed by atoms with Crippen molar-refractivity contribution in [2.75, 3.05) is 14.2 Å². The van der Waals surface area contributed by atoms with E-state index in [1.54, 1.807) is 6.07 Å². The van der Waals surface area contributed by atoms with Crippen LogP contribution in [-0.4, -0.2) is 20.2 Å². The molecule has 3 nitrogen and oxygen atoms in total. The number of hydrogen-bond donors (Lipinski definition) is 0. The average Bonchev–Trinajstić information content (AvgIpc) is 2.20. The van der Waals surface area contributed by atoms with Crippen LogP contribution in [0.3, 0.4) is 0 Å². The van der Waals surface area contributed by atoms with E-state index in [9.17, 15) is 4.79 Å². The van der Waals surface area contributed by atoms with E-state index >= 15 is 0 Å². The van der Waals surface area contributed by atoms with E-state index in [4.69, 9.17) is 4.74 Å². The molecule has 0 aliphatic heterocycles. The number of benzene rings is 1. The minimum absolute atomic E-state index is 0.405. The van der Waals surface area contributed by atoms with Crippen LogP contribution in [0, 0.1) is 6.92 Å². The number of methoxy groups -OCH3 is 2. The van der Waals surface area contributed by atoms with Crippen LogP contribution >= 0.6 is 15.9 Å². The Bertz CT molecular complexity index is 361. The number of esters is 1. The quantitative estimate of drug-likeness (QED) is 0.765. The van der Waals surface area contributed by atoms with Gasteiger partial charge in [-0.05, 0) is 34.5 Å². The fourth-order valence-corrected chi connectivity index (χ4v) is 1.61. The van der Waals surface area contributed by atoms with Gasteiger partial charge in [-0.3, -0.25) is 0 Å². The van der Waals surface area contributed by atoms with Gasteiger partial charge in [0.15, 0.2) is 0 Å². The van der Waals surface area contributed by atoms with Gasteiger partial charge in [-0.15, -0.1) is 0 Å². The number of ether oxygens (including phenoxy) is 2. The summed E-state index contributed by atoms with van der Waals surface area (Å²) in [6, 6.07) is 3.61. The van der Waals surface area contributed by atoms with Crippen molar-refractivity contribution >= 4 is 21.9 Å². The maximum Gasteiger partial charge on any atom is 0.342 e. The average molecular weight is 259 g/mol. The Kier molecular flexibility index (Phi) is 3.52. The van der Waals surface area contributed by atoms with Crippen LogP contribution in [-0.2, 0) is 4.74 Å². The van der Waals surface area contributed by atoms with Crippen molar-refractivity contribution in [3.63, 3.8) is 0 Å². The van der Waals surface area contributed by atoms with Gasteiger partial charge in [-0.25, -0.2) is 4.79 Å². The van der Waals surface area contributed by atoms with Gasteiger partial charge in [0.2, 0.25) is 0 Å². The molecule has 0 heterocycles. The van der Waals surface area contributed by atoms with E-state index in [0.29, 0.717) is 15.8 Å². The molecule has 4 heteroatoms. The Balaban J connectivity index is 3.35. The second kappa shape index (κ2) is 4.46. The Morgan fingerprint density at radius 3 is 2.50 bits per heavy atom. The highest BCUT2D eigenvalue weighted by Gasteiger charge is 2.17. The van der Waals surface area contributed by atoms with Crippen LogP contribution < -0.4 is 4.74 Å². The minimum Gasteiger partial charge on any atom is -0.496 e. The van der Waals surface area contributed by atoms with Gasteiger partial charge in [0.25, 0.3) is 0 Å². The van der Waals surface area contributed by atoms with Crippen molar-refractivity contribution in [3.05, 3.63) is 27.7 Å². The molecule has 0 atom stereocenters. The maximum atomic E-state index is 11.4. The molecule has 0 unspecified atom stereocenters. The normalized spacial score (nSPS) is 9.71. The van der Waals surface area contributed by atoms with Gasteiger partial charge in [0, 0.05) is 4.47 Å². The molecule has 0 aromatic heterocycles. The molecule has 0 saturated heterocycles. The summed E-state index contributed by atoms with van der Waals surface area (Å²) in [6.07, 6.45) is 0. The first-order chi connectivity index (χ1) is 6.61. The molecule has 0 radical (unpaired) electrons. The number of halogens is 1. The smallest absolute Gasteiger partial charge is 0.342 e. The van der Waals surface area contributed by atoms with E-state index in [1.807, 2.05) is 13.0 Å². The van der Waals surface area contributed by atoms with Gasteiger partial charge in [-0.2, -0.15) is 0 Å². The largest absolute Gasteiger partial charge is 0.496 e. The highest BCUT2D eigenvalue weighted by atomic mass is 79.9. The van der Waals surface area contributed by atoms with E-state index in [-0.39, 0.29) is 0 Å². The molecule has 1 aromatic rings. The van der Waals surface area contributed by atoms with Gasteiger partial charge in [0.05, 0.1) is 14.2 Å². The number of rotatable bonds is 2. The predicted octanol–water partition coefficient (Wildman–Crippen LogP) is 2.55. The molecule has 0 bridgehead atoms. The summed E-state index contributed by atoms with van der Waals surface area (Å²) >= 11 is 3.33. The number of carbonyl (C=O) groups excluding carboxylic acids is 1. The number of hydrogen-bond acceptors (Lipinski definition) is 3. The molecule has 0 N–H and O–H groups in total. The number of aryl methyl sites for hydroxylation is 1. The van der Waals surface area contributed by atoms with Crippen LogP contribution in [0.2, 0.25) is 0 Å². The summed E-state index contributed by atoms with van der Waals surface area (Å²) < 4.78 is 10.5. The summed E-state index contributed by atoms with van der Waals surface area (Å²) in [4.78, 5) is 11.4. The highest BCUT2D eigenvalue weighted by molar-refractivity contribution is 9.10. The van der Waals surface area contributed by atoms with Crippen LogP contribution in [0.5, 0.6) is 5.75 Å². The third kappa shape index (κ3) is 1.90. The minimum atomic E-state index is -0.405. The molecule has 76 valence electrons. The second-order valence-electron chi connectivity index (χ2n) is 2.77. The first kappa shape index (κ1) is 11.0.